The van der Waals surface area contributed by atoms with Crippen molar-refractivity contribution in [3.05, 3.63) is 78.3 Å². The van der Waals surface area contributed by atoms with E-state index in [-0.39, 0.29) is 52.9 Å². The summed E-state index contributed by atoms with van der Waals surface area (Å²) >= 11 is 0. The Labute approximate surface area is 379 Å². The molecule has 9 rings (SSSR count). The summed E-state index contributed by atoms with van der Waals surface area (Å²) in [5.41, 5.74) is 4.63. The highest BCUT2D eigenvalue weighted by Gasteiger charge is 2.41. The Balaban J connectivity index is 0.816. The van der Waals surface area contributed by atoms with Crippen LogP contribution in [-0.2, 0) is 14.4 Å². The quantitative estimate of drug-likeness (QED) is 0.121. The first-order valence-corrected chi connectivity index (χ1v) is 23.3. The molecule has 15 nitrogen and oxygen atoms in total. The molecule has 340 valence electrons. The molecule has 3 N–H and O–H groups in total. The average molecular weight is 883 g/mol. The number of pyridine rings is 1. The van der Waals surface area contributed by atoms with E-state index in [2.05, 4.69) is 54.7 Å². The lowest BCUT2D eigenvalue weighted by Crippen LogP contribution is -2.53. The predicted molar refractivity (Wildman–Crippen MR) is 245 cm³/mol. The fourth-order valence-electron chi connectivity index (χ4n) is 10.4. The molecule has 3 aliphatic heterocycles. The largest absolute Gasteiger partial charge is 0.374 e. The number of halogens is 1. The Morgan fingerprint density at radius 2 is 1.68 bits per heavy atom. The van der Waals surface area contributed by atoms with Crippen LogP contribution in [0.15, 0.2) is 61.3 Å². The van der Waals surface area contributed by atoms with E-state index in [1.54, 1.807) is 10.7 Å². The van der Waals surface area contributed by atoms with E-state index < -0.39 is 6.04 Å². The smallest absolute Gasteiger partial charge is 0.249 e. The van der Waals surface area contributed by atoms with E-state index in [1.165, 1.54) is 6.07 Å². The monoisotopic (exact) mass is 882 g/mol. The Bertz CT molecular complexity index is 2600. The minimum atomic E-state index is -0.547. The molecule has 4 aromatic heterocycles. The molecule has 0 spiro atoms. The third-order valence-corrected chi connectivity index (χ3v) is 14.3. The Hall–Kier alpha value is -6.21. The number of hydrogen-bond donors (Lipinski definition) is 3. The molecular formula is C49H59FN12O3. The molecule has 0 radical (unpaired) electrons. The number of aromatic nitrogens is 6. The summed E-state index contributed by atoms with van der Waals surface area (Å²) in [6.07, 6.45) is 18.0. The maximum Gasteiger partial charge on any atom is 0.249 e. The number of piperidine rings is 3. The van der Waals surface area contributed by atoms with Crippen molar-refractivity contribution in [1.82, 2.24) is 44.9 Å². The molecular weight excluding hydrogens is 824 g/mol. The summed E-state index contributed by atoms with van der Waals surface area (Å²) in [5, 5.41) is 28.0. The van der Waals surface area contributed by atoms with E-state index in [0.29, 0.717) is 40.6 Å². The zero-order valence-electron chi connectivity index (χ0n) is 37.8. The van der Waals surface area contributed by atoms with Crippen LogP contribution in [0.3, 0.4) is 0 Å². The number of nitriles is 1. The summed E-state index contributed by atoms with van der Waals surface area (Å²) in [6, 6.07) is 11.6. The van der Waals surface area contributed by atoms with Gasteiger partial charge < -0.3 is 20.4 Å². The van der Waals surface area contributed by atoms with Gasteiger partial charge in [0.25, 0.3) is 0 Å². The second-order valence-corrected chi connectivity index (χ2v) is 19.5. The molecule has 1 aliphatic carbocycles. The maximum atomic E-state index is 15.4. The van der Waals surface area contributed by atoms with Crippen LogP contribution in [0.25, 0.3) is 28.0 Å². The molecule has 3 amide bonds. The van der Waals surface area contributed by atoms with Crippen LogP contribution in [0.5, 0.6) is 0 Å². The number of benzene rings is 1. The van der Waals surface area contributed by atoms with Crippen molar-refractivity contribution in [1.29, 1.82) is 5.26 Å². The number of carbonyl (C=O) groups is 3. The summed E-state index contributed by atoms with van der Waals surface area (Å²) in [6.45, 7) is 11.5. The van der Waals surface area contributed by atoms with Gasteiger partial charge in [0.15, 0.2) is 0 Å². The normalized spacial score (nSPS) is 22.1. The second kappa shape index (κ2) is 18.0. The Morgan fingerprint density at radius 3 is 2.34 bits per heavy atom. The van der Waals surface area contributed by atoms with Gasteiger partial charge in [0, 0.05) is 60.3 Å². The number of nitrogens with one attached hydrogen (secondary N) is 3. The van der Waals surface area contributed by atoms with Crippen molar-refractivity contribution in [3.63, 3.8) is 0 Å². The first-order chi connectivity index (χ1) is 31.3. The summed E-state index contributed by atoms with van der Waals surface area (Å²) in [5.74, 6) is 0.213. The van der Waals surface area contributed by atoms with Crippen LogP contribution in [0, 0.1) is 22.6 Å². The van der Waals surface area contributed by atoms with Gasteiger partial charge >= 0.3 is 0 Å². The standard InChI is InChI=1S/C49H59FN12O3/c1-5-49(47(65)58-48(2,3)4)18-22-60(23-19-49)42-14-6-32(26-52-42)44-45-33(25-51)27-54-62(45)30-41(56-44)34-28-53-61(29-34)37-10-8-36(9-11-37)59-20-16-31(17-21-59)38-12-7-35(24-39(38)50)55-40-13-15-43(63)57-46(40)64/h6-7,12,14,24,26-31,36-37,40,55H,5,8-11,13,15-23H2,1-4H3,(H,58,65)(H,57,63,64)/t36?,37?,40-/m1/s1. The number of anilines is 2. The Kier molecular flexibility index (Phi) is 12.2. The number of hydrogen-bond acceptors (Lipinski definition) is 11. The summed E-state index contributed by atoms with van der Waals surface area (Å²) < 4.78 is 19.2. The Morgan fingerprint density at radius 1 is 0.923 bits per heavy atom. The number of fused-ring (bicyclic) bond motifs is 1. The lowest BCUT2D eigenvalue weighted by Gasteiger charge is -2.42. The highest BCUT2D eigenvalue weighted by molar-refractivity contribution is 6.01. The van der Waals surface area contributed by atoms with Gasteiger partial charge in [-0.05, 0) is 134 Å². The lowest BCUT2D eigenvalue weighted by atomic mass is 9.75. The topological polar surface area (TPSA) is 178 Å². The van der Waals surface area contributed by atoms with Gasteiger partial charge in [-0.3, -0.25) is 24.4 Å². The molecule has 0 unspecified atom stereocenters. The lowest BCUT2D eigenvalue weighted by molar-refractivity contribution is -0.135. The van der Waals surface area contributed by atoms with Gasteiger partial charge in [-0.2, -0.15) is 15.5 Å². The van der Waals surface area contributed by atoms with E-state index in [0.717, 1.165) is 106 Å². The first kappa shape index (κ1) is 44.0. The van der Waals surface area contributed by atoms with Crippen LogP contribution >= 0.6 is 0 Å². The minimum absolute atomic E-state index is 0.131. The van der Waals surface area contributed by atoms with Crippen molar-refractivity contribution < 1.29 is 18.8 Å². The molecule has 3 saturated heterocycles. The van der Waals surface area contributed by atoms with E-state index in [9.17, 15) is 19.6 Å². The molecule has 16 heteroatoms. The highest BCUT2D eigenvalue weighted by Crippen LogP contribution is 2.39. The molecule has 1 saturated carbocycles. The number of carbonyl (C=O) groups excluding carboxylic acids is 3. The van der Waals surface area contributed by atoms with Crippen LogP contribution in [0.4, 0.5) is 15.9 Å². The third-order valence-electron chi connectivity index (χ3n) is 14.3. The first-order valence-electron chi connectivity index (χ1n) is 23.3. The van der Waals surface area contributed by atoms with Crippen LogP contribution in [0.1, 0.15) is 121 Å². The summed E-state index contributed by atoms with van der Waals surface area (Å²) in [4.78, 5) is 51.8. The molecule has 65 heavy (non-hydrogen) atoms. The zero-order chi connectivity index (χ0) is 45.5. The number of rotatable bonds is 10. The molecule has 7 heterocycles. The molecule has 0 bridgehead atoms. The molecule has 1 atom stereocenters. The van der Waals surface area contributed by atoms with Gasteiger partial charge in [0.05, 0.1) is 41.4 Å². The SMILES string of the molecule is CCC1(C(=O)NC(C)(C)C)CCN(c2ccc(-c3nc(-c4cnn(C5CCC(N6CCC(c7ccc(N[C@@H]8CCC(=O)NC8=O)cc7F)CC6)CC5)c4)cn4ncc(C#N)c34)cn2)CC1. The van der Waals surface area contributed by atoms with Gasteiger partial charge in [-0.1, -0.05) is 13.0 Å². The number of likely N-dealkylation sites (tertiary alicyclic amines) is 1. The van der Waals surface area contributed by atoms with Gasteiger partial charge in [0.2, 0.25) is 17.7 Å². The maximum absolute atomic E-state index is 15.4. The van der Waals surface area contributed by atoms with Crippen molar-refractivity contribution in [2.45, 2.75) is 128 Å². The number of amides is 3. The van der Waals surface area contributed by atoms with Crippen molar-refractivity contribution in [2.75, 3.05) is 36.4 Å². The summed E-state index contributed by atoms with van der Waals surface area (Å²) in [7, 11) is 0. The van der Waals surface area contributed by atoms with Gasteiger partial charge in [0.1, 0.15) is 34.8 Å². The highest BCUT2D eigenvalue weighted by atomic mass is 19.1. The fourth-order valence-corrected chi connectivity index (χ4v) is 10.4. The van der Waals surface area contributed by atoms with E-state index in [4.69, 9.17) is 15.1 Å². The average Bonchev–Trinajstić information content (AvgIpc) is 3.98. The van der Waals surface area contributed by atoms with Crippen molar-refractivity contribution in [2.24, 2.45) is 5.41 Å². The van der Waals surface area contributed by atoms with Crippen LogP contribution in [0.2, 0.25) is 0 Å². The number of imide groups is 1. The molecule has 5 aromatic rings. The van der Waals surface area contributed by atoms with Crippen LogP contribution in [-0.4, -0.2) is 95.8 Å². The zero-order valence-corrected chi connectivity index (χ0v) is 37.8. The van der Waals surface area contributed by atoms with Crippen molar-refractivity contribution >= 4 is 34.7 Å². The van der Waals surface area contributed by atoms with Gasteiger partial charge in [-0.15, -0.1) is 0 Å². The molecule has 4 fully saturated rings. The molecule has 1 aromatic carbocycles. The van der Waals surface area contributed by atoms with E-state index >= 15 is 4.39 Å². The third kappa shape index (κ3) is 9.20. The van der Waals surface area contributed by atoms with Gasteiger partial charge in [-0.25, -0.2) is 18.9 Å². The predicted octanol–water partition coefficient (Wildman–Crippen LogP) is 7.16. The van der Waals surface area contributed by atoms with Crippen molar-refractivity contribution in [3.8, 4) is 28.6 Å². The molecule has 4 aliphatic rings. The fraction of sp³-hybridized carbons (Fsp3) is 0.510. The second-order valence-electron chi connectivity index (χ2n) is 19.5. The number of nitrogens with zero attached hydrogens (tertiary/aromatic N) is 9. The van der Waals surface area contributed by atoms with Crippen LogP contribution < -0.4 is 20.9 Å². The minimum Gasteiger partial charge on any atom is -0.374 e. The van der Waals surface area contributed by atoms with E-state index in [1.807, 2.05) is 63.6 Å².